The molecule has 0 N–H and O–H groups in total. The Kier molecular flexibility index (Phi) is 5.31. The van der Waals surface area contributed by atoms with Crippen LogP contribution in [0.3, 0.4) is 0 Å². The van der Waals surface area contributed by atoms with Crippen molar-refractivity contribution in [3.8, 4) is 44.9 Å². The van der Waals surface area contributed by atoms with Gasteiger partial charge in [0, 0.05) is 32.7 Å². The van der Waals surface area contributed by atoms with Crippen LogP contribution in [0.25, 0.3) is 88.9 Å². The Labute approximate surface area is 271 Å². The third-order valence-electron chi connectivity index (χ3n) is 9.87. The molecule has 9 aromatic rings. The molecule has 10 rings (SSSR count). The summed E-state index contributed by atoms with van der Waals surface area (Å²) in [7, 11) is 0. The van der Waals surface area contributed by atoms with Crippen LogP contribution in [0.1, 0.15) is 25.0 Å². The number of fused-ring (bicyclic) bond motifs is 10. The highest BCUT2D eigenvalue weighted by atomic mass is 16.3. The van der Waals surface area contributed by atoms with Crippen LogP contribution in [0.2, 0.25) is 0 Å². The number of para-hydroxylation sites is 2. The second-order valence-electron chi connectivity index (χ2n) is 13.0. The Morgan fingerprint density at radius 3 is 2.04 bits per heavy atom. The molecule has 0 amide bonds. The Hall–Kier alpha value is -6.00. The molecule has 0 aliphatic heterocycles. The van der Waals surface area contributed by atoms with E-state index in [1.54, 1.807) is 0 Å². The Bertz CT molecular complexity index is 2710. The van der Waals surface area contributed by atoms with Crippen molar-refractivity contribution >= 4 is 44.0 Å². The molecule has 0 spiro atoms. The molecular weight excluding hydrogens is 576 g/mol. The smallest absolute Gasteiger partial charge is 0.180 e. The van der Waals surface area contributed by atoms with E-state index in [-0.39, 0.29) is 5.41 Å². The second-order valence-corrected chi connectivity index (χ2v) is 13.0. The van der Waals surface area contributed by atoms with E-state index in [4.69, 9.17) is 18.8 Å². The number of furan rings is 2. The van der Waals surface area contributed by atoms with Gasteiger partial charge < -0.3 is 8.83 Å². The molecule has 222 valence electrons. The predicted molar refractivity (Wildman–Crippen MR) is 190 cm³/mol. The fourth-order valence-corrected chi connectivity index (χ4v) is 7.65. The first-order chi connectivity index (χ1) is 23.0. The van der Waals surface area contributed by atoms with Crippen LogP contribution in [0, 0.1) is 0 Å². The summed E-state index contributed by atoms with van der Waals surface area (Å²) in [5, 5.41) is 3.37. The first-order valence-electron chi connectivity index (χ1n) is 16.0. The first-order valence-corrected chi connectivity index (χ1v) is 16.0. The molecule has 0 fully saturated rings. The van der Waals surface area contributed by atoms with Gasteiger partial charge in [0.25, 0.3) is 0 Å². The molecular formula is C43H28N2O2. The highest BCUT2D eigenvalue weighted by Gasteiger charge is 2.38. The molecule has 0 unspecified atom stereocenters. The zero-order chi connectivity index (χ0) is 31.3. The Balaban J connectivity index is 1.14. The highest BCUT2D eigenvalue weighted by Crippen LogP contribution is 2.53. The molecule has 1 aliphatic rings. The molecule has 47 heavy (non-hydrogen) atoms. The molecule has 4 nitrogen and oxygen atoms in total. The molecule has 0 saturated heterocycles. The average Bonchev–Trinajstić information content (AvgIpc) is 3.76. The summed E-state index contributed by atoms with van der Waals surface area (Å²) < 4.78 is 12.7. The van der Waals surface area contributed by atoms with Gasteiger partial charge in [-0.1, -0.05) is 111 Å². The van der Waals surface area contributed by atoms with Crippen molar-refractivity contribution in [3.05, 3.63) is 145 Å². The predicted octanol–water partition coefficient (Wildman–Crippen LogP) is 11.6. The number of rotatable bonds is 3. The lowest BCUT2D eigenvalue weighted by Crippen LogP contribution is -2.15. The molecule has 4 heteroatoms. The van der Waals surface area contributed by atoms with Gasteiger partial charge in [-0.05, 0) is 69.8 Å². The summed E-state index contributed by atoms with van der Waals surface area (Å²) in [6, 6.07) is 46.4. The van der Waals surface area contributed by atoms with Crippen molar-refractivity contribution in [3.63, 3.8) is 0 Å². The quantitative estimate of drug-likeness (QED) is 0.201. The topological polar surface area (TPSA) is 52.1 Å². The van der Waals surface area contributed by atoms with Crippen LogP contribution < -0.4 is 0 Å². The molecule has 0 radical (unpaired) electrons. The molecule has 0 bridgehead atoms. The van der Waals surface area contributed by atoms with Crippen molar-refractivity contribution in [2.45, 2.75) is 19.3 Å². The summed E-state index contributed by atoms with van der Waals surface area (Å²) in [5.74, 6) is 0.681. The third kappa shape index (κ3) is 3.76. The van der Waals surface area contributed by atoms with Crippen molar-refractivity contribution in [2.75, 3.05) is 0 Å². The maximum absolute atomic E-state index is 6.42. The van der Waals surface area contributed by atoms with E-state index in [0.717, 1.165) is 55.6 Å². The molecule has 1 aliphatic carbocycles. The van der Waals surface area contributed by atoms with E-state index in [1.807, 2.05) is 54.6 Å². The van der Waals surface area contributed by atoms with Crippen LogP contribution in [0.4, 0.5) is 0 Å². The minimum atomic E-state index is -0.206. The summed E-state index contributed by atoms with van der Waals surface area (Å²) >= 11 is 0. The van der Waals surface area contributed by atoms with Crippen LogP contribution in [-0.4, -0.2) is 9.97 Å². The van der Waals surface area contributed by atoms with Crippen molar-refractivity contribution < 1.29 is 8.83 Å². The number of hydrogen-bond donors (Lipinski definition) is 0. The Morgan fingerprint density at radius 1 is 0.511 bits per heavy atom. The van der Waals surface area contributed by atoms with Gasteiger partial charge in [0.05, 0.1) is 0 Å². The standard InChI is InChI=1S/C43H28N2O2/c1-43(2)33-24-27(19-20-29(33)30-21-22-36-37(38(30)43)31-15-6-8-17-34(31)46-36)26-13-10-14-28(23-26)39-41-40(32-16-7-9-18-35(32)47-41)45-42(44-39)25-11-4-3-5-12-25/h3-24H,1-2H3. The maximum Gasteiger partial charge on any atom is 0.180 e. The van der Waals surface area contributed by atoms with Crippen molar-refractivity contribution in [2.24, 2.45) is 0 Å². The highest BCUT2D eigenvalue weighted by molar-refractivity contribution is 6.11. The minimum Gasteiger partial charge on any atom is -0.456 e. The SMILES string of the molecule is CC1(C)c2cc(-c3cccc(-c4nc(-c5ccccc5)nc5c4oc4ccccc45)c3)ccc2-c2ccc3oc4ccccc4c3c21. The van der Waals surface area contributed by atoms with Crippen LogP contribution in [0.15, 0.2) is 142 Å². The van der Waals surface area contributed by atoms with Crippen LogP contribution in [0.5, 0.6) is 0 Å². The number of hydrogen-bond acceptors (Lipinski definition) is 4. The van der Waals surface area contributed by atoms with Gasteiger partial charge in [0.15, 0.2) is 11.4 Å². The fourth-order valence-electron chi connectivity index (χ4n) is 7.65. The van der Waals surface area contributed by atoms with Crippen LogP contribution >= 0.6 is 0 Å². The van der Waals surface area contributed by atoms with Gasteiger partial charge in [-0.15, -0.1) is 0 Å². The molecule has 0 atom stereocenters. The largest absolute Gasteiger partial charge is 0.456 e. The second kappa shape index (κ2) is 9.51. The van der Waals surface area contributed by atoms with E-state index < -0.39 is 0 Å². The van der Waals surface area contributed by atoms with Gasteiger partial charge in [0.1, 0.15) is 28.0 Å². The van der Waals surface area contributed by atoms with Gasteiger partial charge >= 0.3 is 0 Å². The van der Waals surface area contributed by atoms with E-state index in [1.165, 1.54) is 33.0 Å². The molecule has 6 aromatic carbocycles. The number of aromatic nitrogens is 2. The Morgan fingerprint density at radius 2 is 1.19 bits per heavy atom. The lowest BCUT2D eigenvalue weighted by Gasteiger charge is -2.23. The van der Waals surface area contributed by atoms with E-state index in [2.05, 4.69) is 92.7 Å². The van der Waals surface area contributed by atoms with E-state index >= 15 is 0 Å². The van der Waals surface area contributed by atoms with E-state index in [9.17, 15) is 0 Å². The third-order valence-corrected chi connectivity index (χ3v) is 9.87. The molecule has 3 heterocycles. The number of benzene rings is 6. The van der Waals surface area contributed by atoms with Gasteiger partial charge in [-0.25, -0.2) is 9.97 Å². The summed E-state index contributed by atoms with van der Waals surface area (Å²) in [5.41, 5.74) is 14.2. The minimum absolute atomic E-state index is 0.206. The zero-order valence-electron chi connectivity index (χ0n) is 25.9. The summed E-state index contributed by atoms with van der Waals surface area (Å²) in [6.07, 6.45) is 0. The van der Waals surface area contributed by atoms with Gasteiger partial charge in [-0.2, -0.15) is 0 Å². The molecule has 3 aromatic heterocycles. The monoisotopic (exact) mass is 604 g/mol. The maximum atomic E-state index is 6.42. The summed E-state index contributed by atoms with van der Waals surface area (Å²) in [6.45, 7) is 4.67. The van der Waals surface area contributed by atoms with Crippen molar-refractivity contribution in [1.29, 1.82) is 0 Å². The van der Waals surface area contributed by atoms with Gasteiger partial charge in [0.2, 0.25) is 0 Å². The lowest BCUT2D eigenvalue weighted by molar-refractivity contribution is 0.657. The van der Waals surface area contributed by atoms with Crippen LogP contribution in [-0.2, 0) is 5.41 Å². The average molecular weight is 605 g/mol. The first kappa shape index (κ1) is 26.2. The summed E-state index contributed by atoms with van der Waals surface area (Å²) in [4.78, 5) is 10.1. The van der Waals surface area contributed by atoms with Gasteiger partial charge in [-0.3, -0.25) is 0 Å². The normalized spacial score (nSPS) is 13.5. The fraction of sp³-hybridized carbons (Fsp3) is 0.0698. The van der Waals surface area contributed by atoms with Crippen molar-refractivity contribution in [1.82, 2.24) is 9.97 Å². The molecule has 0 saturated carbocycles. The lowest BCUT2D eigenvalue weighted by atomic mass is 9.80. The number of nitrogens with zero attached hydrogens (tertiary/aromatic N) is 2. The zero-order valence-corrected chi connectivity index (χ0v) is 25.9. The van der Waals surface area contributed by atoms with E-state index in [0.29, 0.717) is 11.4 Å².